The zero-order valence-electron chi connectivity index (χ0n) is 11.7. The van der Waals surface area contributed by atoms with Crippen LogP contribution < -0.4 is 0 Å². The van der Waals surface area contributed by atoms with Gasteiger partial charge in [-0.05, 0) is 11.1 Å². The molecular weight excluding hydrogens is 252 g/mol. The molecule has 0 bridgehead atoms. The standard InChI is InChI=1S/C17H18O3/c1-13(18)20-17(15-11-7-4-8-12-15)16(19-2)14-9-5-3-6-10-14/h3-12,16-17H,1-2H3/t16-,17-/m1/s1. The summed E-state index contributed by atoms with van der Waals surface area (Å²) in [5, 5.41) is 0. The molecule has 0 aromatic heterocycles. The Morgan fingerprint density at radius 2 is 1.30 bits per heavy atom. The van der Waals surface area contributed by atoms with E-state index in [9.17, 15) is 4.79 Å². The van der Waals surface area contributed by atoms with E-state index >= 15 is 0 Å². The second kappa shape index (κ2) is 6.87. The topological polar surface area (TPSA) is 35.5 Å². The molecule has 0 heterocycles. The van der Waals surface area contributed by atoms with Gasteiger partial charge in [-0.25, -0.2) is 0 Å². The molecular formula is C17H18O3. The van der Waals surface area contributed by atoms with Crippen molar-refractivity contribution in [2.75, 3.05) is 7.11 Å². The van der Waals surface area contributed by atoms with Crippen LogP contribution in [0.4, 0.5) is 0 Å². The zero-order chi connectivity index (χ0) is 14.4. The van der Waals surface area contributed by atoms with E-state index in [0.717, 1.165) is 11.1 Å². The quantitative estimate of drug-likeness (QED) is 0.777. The van der Waals surface area contributed by atoms with Crippen molar-refractivity contribution in [2.45, 2.75) is 19.1 Å². The van der Waals surface area contributed by atoms with E-state index < -0.39 is 6.10 Å². The highest BCUT2D eigenvalue weighted by Gasteiger charge is 2.27. The van der Waals surface area contributed by atoms with E-state index in [1.807, 2.05) is 60.7 Å². The summed E-state index contributed by atoms with van der Waals surface area (Å²) in [6.45, 7) is 1.41. The van der Waals surface area contributed by atoms with Crippen LogP contribution in [0, 0.1) is 0 Å². The minimum absolute atomic E-state index is 0.322. The highest BCUT2D eigenvalue weighted by molar-refractivity contribution is 5.66. The maximum atomic E-state index is 11.4. The van der Waals surface area contributed by atoms with Gasteiger partial charge in [0.1, 0.15) is 6.10 Å². The molecule has 0 aliphatic rings. The maximum Gasteiger partial charge on any atom is 0.303 e. The number of ether oxygens (including phenoxy) is 2. The summed E-state index contributed by atoms with van der Waals surface area (Å²) in [5.74, 6) is -0.322. The molecule has 2 atom stereocenters. The normalized spacial score (nSPS) is 13.5. The molecule has 0 aliphatic heterocycles. The fraction of sp³-hybridized carbons (Fsp3) is 0.235. The summed E-state index contributed by atoms with van der Waals surface area (Å²) in [5.41, 5.74) is 1.89. The van der Waals surface area contributed by atoms with Crippen LogP contribution in [0.2, 0.25) is 0 Å². The van der Waals surface area contributed by atoms with Crippen LogP contribution >= 0.6 is 0 Å². The second-order valence-electron chi connectivity index (χ2n) is 4.51. The van der Waals surface area contributed by atoms with Crippen molar-refractivity contribution in [2.24, 2.45) is 0 Å². The van der Waals surface area contributed by atoms with Gasteiger partial charge in [0.05, 0.1) is 0 Å². The third-order valence-corrected chi connectivity index (χ3v) is 3.08. The average molecular weight is 270 g/mol. The van der Waals surface area contributed by atoms with Crippen molar-refractivity contribution in [3.05, 3.63) is 71.8 Å². The van der Waals surface area contributed by atoms with Crippen molar-refractivity contribution in [3.63, 3.8) is 0 Å². The fourth-order valence-corrected chi connectivity index (χ4v) is 2.20. The van der Waals surface area contributed by atoms with Crippen LogP contribution in [-0.4, -0.2) is 13.1 Å². The molecule has 0 unspecified atom stereocenters. The second-order valence-corrected chi connectivity index (χ2v) is 4.51. The lowest BCUT2D eigenvalue weighted by atomic mass is 9.98. The van der Waals surface area contributed by atoms with Gasteiger partial charge in [-0.2, -0.15) is 0 Å². The molecule has 0 aliphatic carbocycles. The number of rotatable bonds is 5. The van der Waals surface area contributed by atoms with Crippen LogP contribution in [0.15, 0.2) is 60.7 Å². The van der Waals surface area contributed by atoms with E-state index in [4.69, 9.17) is 9.47 Å². The lowest BCUT2D eigenvalue weighted by Crippen LogP contribution is -2.18. The van der Waals surface area contributed by atoms with Crippen molar-refractivity contribution < 1.29 is 14.3 Å². The first-order valence-electron chi connectivity index (χ1n) is 6.52. The van der Waals surface area contributed by atoms with Gasteiger partial charge in [-0.3, -0.25) is 4.79 Å². The van der Waals surface area contributed by atoms with Crippen LogP contribution in [-0.2, 0) is 14.3 Å². The number of hydrogen-bond donors (Lipinski definition) is 0. The Bertz CT molecular complexity index is 537. The average Bonchev–Trinajstić information content (AvgIpc) is 2.49. The molecule has 104 valence electrons. The number of carbonyl (C=O) groups is 1. The van der Waals surface area contributed by atoms with Gasteiger partial charge in [-0.15, -0.1) is 0 Å². The predicted octanol–water partition coefficient (Wildman–Crippen LogP) is 3.68. The molecule has 0 radical (unpaired) electrons. The summed E-state index contributed by atoms with van der Waals surface area (Å²) in [7, 11) is 1.62. The number of carbonyl (C=O) groups excluding carboxylic acids is 1. The minimum Gasteiger partial charge on any atom is -0.454 e. The van der Waals surface area contributed by atoms with Crippen molar-refractivity contribution in [1.29, 1.82) is 0 Å². The first-order valence-corrected chi connectivity index (χ1v) is 6.52. The highest BCUT2D eigenvalue weighted by Crippen LogP contribution is 2.34. The lowest BCUT2D eigenvalue weighted by molar-refractivity contribution is -0.154. The Labute approximate surface area is 119 Å². The molecule has 0 amide bonds. The summed E-state index contributed by atoms with van der Waals surface area (Å²) >= 11 is 0. The van der Waals surface area contributed by atoms with Crippen LogP contribution in [0.1, 0.15) is 30.3 Å². The molecule has 3 heteroatoms. The summed E-state index contributed by atoms with van der Waals surface area (Å²) in [6.07, 6.45) is -0.788. The minimum atomic E-state index is -0.457. The van der Waals surface area contributed by atoms with Gasteiger partial charge >= 0.3 is 5.97 Å². The SMILES string of the molecule is CO[C@H](c1ccccc1)[C@H](OC(C)=O)c1ccccc1. The number of methoxy groups -OCH3 is 1. The first kappa shape index (κ1) is 14.3. The zero-order valence-corrected chi connectivity index (χ0v) is 11.7. The highest BCUT2D eigenvalue weighted by atomic mass is 16.6. The number of benzene rings is 2. The predicted molar refractivity (Wildman–Crippen MR) is 77.1 cm³/mol. The van der Waals surface area contributed by atoms with Crippen LogP contribution in [0.3, 0.4) is 0 Å². The summed E-state index contributed by atoms with van der Waals surface area (Å²) in [4.78, 5) is 11.4. The molecule has 2 aromatic carbocycles. The Kier molecular flexibility index (Phi) is 4.91. The third-order valence-electron chi connectivity index (χ3n) is 3.08. The number of esters is 1. The van der Waals surface area contributed by atoms with Gasteiger partial charge in [0, 0.05) is 14.0 Å². The van der Waals surface area contributed by atoms with Crippen molar-refractivity contribution >= 4 is 5.97 Å². The van der Waals surface area contributed by atoms with Gasteiger partial charge in [0.25, 0.3) is 0 Å². The largest absolute Gasteiger partial charge is 0.454 e. The van der Waals surface area contributed by atoms with E-state index in [2.05, 4.69) is 0 Å². The monoisotopic (exact) mass is 270 g/mol. The molecule has 0 saturated heterocycles. The fourth-order valence-electron chi connectivity index (χ4n) is 2.20. The smallest absolute Gasteiger partial charge is 0.303 e. The lowest BCUT2D eigenvalue weighted by Gasteiger charge is -2.26. The molecule has 3 nitrogen and oxygen atoms in total. The van der Waals surface area contributed by atoms with Gasteiger partial charge < -0.3 is 9.47 Å². The molecule has 2 aromatic rings. The molecule has 0 N–H and O–H groups in total. The molecule has 20 heavy (non-hydrogen) atoms. The Morgan fingerprint density at radius 3 is 1.70 bits per heavy atom. The first-order chi connectivity index (χ1) is 9.72. The Balaban J connectivity index is 2.36. The van der Waals surface area contributed by atoms with Gasteiger partial charge in [0.2, 0.25) is 0 Å². The molecule has 0 fully saturated rings. The van der Waals surface area contributed by atoms with Crippen molar-refractivity contribution in [1.82, 2.24) is 0 Å². The van der Waals surface area contributed by atoms with E-state index in [1.54, 1.807) is 7.11 Å². The van der Waals surface area contributed by atoms with E-state index in [0.29, 0.717) is 0 Å². The Morgan fingerprint density at radius 1 is 0.850 bits per heavy atom. The summed E-state index contributed by atoms with van der Waals surface area (Å²) < 4.78 is 11.1. The van der Waals surface area contributed by atoms with Crippen LogP contribution in [0.25, 0.3) is 0 Å². The van der Waals surface area contributed by atoms with E-state index in [-0.39, 0.29) is 12.1 Å². The van der Waals surface area contributed by atoms with Gasteiger partial charge in [0.15, 0.2) is 6.10 Å². The third kappa shape index (κ3) is 3.45. The molecule has 0 spiro atoms. The van der Waals surface area contributed by atoms with Gasteiger partial charge in [-0.1, -0.05) is 60.7 Å². The summed E-state index contributed by atoms with van der Waals surface area (Å²) in [6, 6.07) is 19.4. The Hall–Kier alpha value is -2.13. The van der Waals surface area contributed by atoms with Crippen molar-refractivity contribution in [3.8, 4) is 0 Å². The molecule has 2 rings (SSSR count). The van der Waals surface area contributed by atoms with E-state index in [1.165, 1.54) is 6.92 Å². The molecule has 0 saturated carbocycles. The number of hydrogen-bond acceptors (Lipinski definition) is 3. The van der Waals surface area contributed by atoms with Crippen LogP contribution in [0.5, 0.6) is 0 Å². The maximum absolute atomic E-state index is 11.4.